The van der Waals surface area contributed by atoms with Crippen LogP contribution in [0.2, 0.25) is 5.02 Å². The van der Waals surface area contributed by atoms with Gasteiger partial charge in [-0.25, -0.2) is 9.59 Å². The summed E-state index contributed by atoms with van der Waals surface area (Å²) in [4.78, 5) is 38.3. The Balaban J connectivity index is 2.28. The first-order valence-electron chi connectivity index (χ1n) is 10.7. The number of hydrogen-bond acceptors (Lipinski definition) is 7. The molecule has 0 spiro atoms. The molecule has 1 fully saturated rings. The average Bonchev–Trinajstić information content (AvgIpc) is 3.17. The van der Waals surface area contributed by atoms with Crippen LogP contribution in [0.4, 0.5) is 13.2 Å². The van der Waals surface area contributed by atoms with Crippen molar-refractivity contribution >= 4 is 23.5 Å². The first-order valence-corrected chi connectivity index (χ1v) is 11.0. The Bertz CT molecular complexity index is 1090. The van der Waals surface area contributed by atoms with Crippen LogP contribution in [0.1, 0.15) is 42.5 Å². The molecule has 0 radical (unpaired) electrons. The standard InChI is InChI=1S/C23H22ClF3N2O6/c1-3-34-20(30)22(21(31)35-4-2)17(15-7-5-6-8-16(15)24)19(29(32)33)18(28-22)13-9-11-14(12-10-13)23(25,26)27/h5-12,17-19,28H,3-4H2,1-2H3/t17-,18-,19-/m1/s1. The summed E-state index contributed by atoms with van der Waals surface area (Å²) in [6.07, 6.45) is -4.62. The summed E-state index contributed by atoms with van der Waals surface area (Å²) < 4.78 is 49.5. The van der Waals surface area contributed by atoms with Gasteiger partial charge in [-0.15, -0.1) is 0 Å². The second-order valence-corrected chi connectivity index (χ2v) is 8.17. The van der Waals surface area contributed by atoms with E-state index in [1.807, 2.05) is 0 Å². The minimum Gasteiger partial charge on any atom is -0.464 e. The molecule has 188 valence electrons. The summed E-state index contributed by atoms with van der Waals surface area (Å²) in [7, 11) is 0. The molecule has 12 heteroatoms. The lowest BCUT2D eigenvalue weighted by atomic mass is 9.77. The zero-order valence-electron chi connectivity index (χ0n) is 18.7. The largest absolute Gasteiger partial charge is 0.464 e. The third kappa shape index (κ3) is 4.83. The number of nitrogens with zero attached hydrogens (tertiary/aromatic N) is 1. The molecule has 0 unspecified atom stereocenters. The molecule has 0 bridgehead atoms. The summed E-state index contributed by atoms with van der Waals surface area (Å²) in [5.41, 5.74) is -3.17. The second kappa shape index (κ2) is 10.2. The van der Waals surface area contributed by atoms with Gasteiger partial charge in [-0.1, -0.05) is 41.9 Å². The normalized spacial score (nSPS) is 21.4. The Morgan fingerprint density at radius 1 is 1.06 bits per heavy atom. The van der Waals surface area contributed by atoms with E-state index in [9.17, 15) is 32.9 Å². The molecule has 1 heterocycles. The summed E-state index contributed by atoms with van der Waals surface area (Å²) in [6, 6.07) is 6.60. The van der Waals surface area contributed by atoms with E-state index >= 15 is 0 Å². The van der Waals surface area contributed by atoms with Gasteiger partial charge in [-0.2, -0.15) is 13.2 Å². The van der Waals surface area contributed by atoms with Crippen molar-refractivity contribution < 1.29 is 37.2 Å². The van der Waals surface area contributed by atoms with Crippen LogP contribution in [0.15, 0.2) is 48.5 Å². The number of nitrogens with one attached hydrogen (secondary N) is 1. The highest BCUT2D eigenvalue weighted by Gasteiger charge is 2.69. The molecular weight excluding hydrogens is 493 g/mol. The molecular formula is C23H22ClF3N2O6. The van der Waals surface area contributed by atoms with E-state index in [1.165, 1.54) is 32.0 Å². The van der Waals surface area contributed by atoms with Crippen LogP contribution >= 0.6 is 11.6 Å². The van der Waals surface area contributed by atoms with E-state index in [-0.39, 0.29) is 29.4 Å². The average molecular weight is 515 g/mol. The summed E-state index contributed by atoms with van der Waals surface area (Å²) in [6.45, 7) is 2.69. The molecule has 3 rings (SSSR count). The van der Waals surface area contributed by atoms with Gasteiger partial charge in [0.2, 0.25) is 11.6 Å². The molecule has 1 aliphatic rings. The number of nitro groups is 1. The molecule has 0 saturated carbocycles. The van der Waals surface area contributed by atoms with Crippen LogP contribution in [0, 0.1) is 10.1 Å². The number of carbonyl (C=O) groups is 2. The fraction of sp³-hybridized carbons (Fsp3) is 0.391. The number of esters is 2. The van der Waals surface area contributed by atoms with Gasteiger partial charge in [-0.3, -0.25) is 15.4 Å². The third-order valence-electron chi connectivity index (χ3n) is 5.81. The Labute approximate surface area is 203 Å². The third-order valence-corrected chi connectivity index (χ3v) is 6.15. The van der Waals surface area contributed by atoms with Gasteiger partial charge in [0.05, 0.1) is 24.7 Å². The highest BCUT2D eigenvalue weighted by Crippen LogP contribution is 2.49. The highest BCUT2D eigenvalue weighted by molar-refractivity contribution is 6.31. The fourth-order valence-corrected chi connectivity index (χ4v) is 4.62. The number of ether oxygens (including phenoxy) is 2. The molecule has 3 atom stereocenters. The minimum absolute atomic E-state index is 0.0530. The molecule has 0 aliphatic carbocycles. The van der Waals surface area contributed by atoms with Gasteiger partial charge in [0.1, 0.15) is 6.04 Å². The van der Waals surface area contributed by atoms with Crippen molar-refractivity contribution in [1.82, 2.24) is 5.32 Å². The van der Waals surface area contributed by atoms with Crippen molar-refractivity contribution in [1.29, 1.82) is 0 Å². The van der Waals surface area contributed by atoms with Crippen LogP contribution in [0.5, 0.6) is 0 Å². The van der Waals surface area contributed by atoms with E-state index < -0.39 is 52.1 Å². The monoisotopic (exact) mass is 514 g/mol. The van der Waals surface area contributed by atoms with Gasteiger partial charge in [-0.05, 0) is 43.2 Å². The van der Waals surface area contributed by atoms with Gasteiger partial charge in [0.25, 0.3) is 0 Å². The molecule has 1 N–H and O–H groups in total. The molecule has 0 amide bonds. The minimum atomic E-state index is -4.62. The smallest absolute Gasteiger partial charge is 0.416 e. The second-order valence-electron chi connectivity index (χ2n) is 7.77. The van der Waals surface area contributed by atoms with Crippen molar-refractivity contribution in [2.24, 2.45) is 0 Å². The first-order chi connectivity index (χ1) is 16.5. The molecule has 1 aliphatic heterocycles. The van der Waals surface area contributed by atoms with Crippen LogP contribution in [0.3, 0.4) is 0 Å². The summed E-state index contributed by atoms with van der Waals surface area (Å²) >= 11 is 6.35. The van der Waals surface area contributed by atoms with Gasteiger partial charge < -0.3 is 9.47 Å². The Morgan fingerprint density at radius 2 is 1.60 bits per heavy atom. The van der Waals surface area contributed by atoms with Crippen molar-refractivity contribution in [2.75, 3.05) is 13.2 Å². The van der Waals surface area contributed by atoms with E-state index in [1.54, 1.807) is 6.07 Å². The lowest BCUT2D eigenvalue weighted by Gasteiger charge is -2.31. The van der Waals surface area contributed by atoms with Crippen molar-refractivity contribution in [3.05, 3.63) is 80.4 Å². The van der Waals surface area contributed by atoms with Crippen molar-refractivity contribution in [3.63, 3.8) is 0 Å². The Hall–Kier alpha value is -3.18. The Kier molecular flexibility index (Phi) is 7.71. The van der Waals surface area contributed by atoms with Crippen LogP contribution in [-0.4, -0.2) is 41.7 Å². The maximum Gasteiger partial charge on any atom is 0.416 e. The highest BCUT2D eigenvalue weighted by atomic mass is 35.5. The molecule has 1 saturated heterocycles. The molecule has 2 aromatic rings. The summed E-state index contributed by atoms with van der Waals surface area (Å²) in [5, 5.41) is 15.2. The number of halogens is 4. The van der Waals surface area contributed by atoms with Crippen LogP contribution in [0.25, 0.3) is 0 Å². The maximum atomic E-state index is 13.3. The summed E-state index contributed by atoms with van der Waals surface area (Å²) in [5.74, 6) is -3.74. The topological polar surface area (TPSA) is 108 Å². The maximum absolute atomic E-state index is 13.3. The molecule has 8 nitrogen and oxygen atoms in total. The molecule has 2 aromatic carbocycles. The van der Waals surface area contributed by atoms with Crippen molar-refractivity contribution in [2.45, 2.75) is 43.6 Å². The number of alkyl halides is 3. The van der Waals surface area contributed by atoms with E-state index in [0.717, 1.165) is 24.3 Å². The number of carbonyl (C=O) groups excluding carboxylic acids is 2. The van der Waals surface area contributed by atoms with E-state index in [2.05, 4.69) is 5.32 Å². The predicted molar refractivity (Wildman–Crippen MR) is 118 cm³/mol. The van der Waals surface area contributed by atoms with Crippen molar-refractivity contribution in [3.8, 4) is 0 Å². The van der Waals surface area contributed by atoms with Gasteiger partial charge in [0, 0.05) is 9.95 Å². The van der Waals surface area contributed by atoms with E-state index in [4.69, 9.17) is 21.1 Å². The zero-order valence-corrected chi connectivity index (χ0v) is 19.4. The lowest BCUT2D eigenvalue weighted by Crippen LogP contribution is -2.60. The molecule has 35 heavy (non-hydrogen) atoms. The van der Waals surface area contributed by atoms with Crippen LogP contribution < -0.4 is 5.32 Å². The zero-order chi connectivity index (χ0) is 26.0. The number of hydrogen-bond donors (Lipinski definition) is 1. The van der Waals surface area contributed by atoms with E-state index in [0.29, 0.717) is 0 Å². The number of rotatable bonds is 7. The number of benzene rings is 2. The quantitative estimate of drug-likeness (QED) is 0.254. The lowest BCUT2D eigenvalue weighted by molar-refractivity contribution is -0.527. The SMILES string of the molecule is CCOC(=O)C1(C(=O)OCC)N[C@H](c2ccc(C(F)(F)F)cc2)[C@H]([N+](=O)[O-])[C@H]1c1ccccc1Cl. The van der Waals surface area contributed by atoms with Gasteiger partial charge in [0.15, 0.2) is 0 Å². The Morgan fingerprint density at radius 3 is 2.06 bits per heavy atom. The van der Waals surface area contributed by atoms with Gasteiger partial charge >= 0.3 is 18.1 Å². The molecule has 0 aromatic heterocycles. The first kappa shape index (κ1) is 26.4. The predicted octanol–water partition coefficient (Wildman–Crippen LogP) is 4.30. The van der Waals surface area contributed by atoms with Crippen LogP contribution in [-0.2, 0) is 25.2 Å². The fourth-order valence-electron chi connectivity index (χ4n) is 4.36.